The number of aliphatic imine (C=N–C) groups is 1. The van der Waals surface area contributed by atoms with Crippen LogP contribution in [0.25, 0.3) is 0 Å². The molecule has 3 heteroatoms. The Hall–Kier alpha value is -2.81. The Morgan fingerprint density at radius 3 is 2.54 bits per heavy atom. The molecule has 1 saturated carbocycles. The molecular weight excluding hydrogens is 320 g/mol. The van der Waals surface area contributed by atoms with Gasteiger partial charge >= 0.3 is 0 Å². The number of hydrogen-bond donors (Lipinski definition) is 0. The summed E-state index contributed by atoms with van der Waals surface area (Å²) in [6.45, 7) is 2.05. The van der Waals surface area contributed by atoms with Crippen molar-refractivity contribution in [1.82, 2.24) is 4.57 Å². The van der Waals surface area contributed by atoms with Crippen molar-refractivity contribution in [2.75, 3.05) is 0 Å². The maximum absolute atomic E-state index is 5.93. The highest BCUT2D eigenvalue weighted by Crippen LogP contribution is 2.30. The molecule has 0 aliphatic heterocycles. The standard InChI is InChI=1S/C23H24N2O/c1-18-6-2-5-9-23(18)26-22-12-10-20(11-13-22)24-16-19-14-15-25(17-19)21-7-3-4-8-21/h2,5-6,9-17,21H,3-4,7-8H2,1H3. The second-order valence-corrected chi connectivity index (χ2v) is 6.95. The van der Waals surface area contributed by atoms with Gasteiger partial charge in [0.25, 0.3) is 0 Å². The van der Waals surface area contributed by atoms with Gasteiger partial charge in [-0.2, -0.15) is 0 Å². The van der Waals surface area contributed by atoms with E-state index < -0.39 is 0 Å². The summed E-state index contributed by atoms with van der Waals surface area (Å²) in [4.78, 5) is 4.59. The number of ether oxygens (including phenoxy) is 1. The first-order chi connectivity index (χ1) is 12.8. The van der Waals surface area contributed by atoms with Crippen LogP contribution in [0.3, 0.4) is 0 Å². The smallest absolute Gasteiger partial charge is 0.130 e. The number of hydrogen-bond acceptors (Lipinski definition) is 2. The summed E-state index contributed by atoms with van der Waals surface area (Å²) in [7, 11) is 0. The topological polar surface area (TPSA) is 26.5 Å². The fraction of sp³-hybridized carbons (Fsp3) is 0.261. The van der Waals surface area contributed by atoms with Gasteiger partial charge < -0.3 is 9.30 Å². The molecule has 4 rings (SSSR count). The number of nitrogens with zero attached hydrogens (tertiary/aromatic N) is 2. The van der Waals surface area contributed by atoms with Crippen LogP contribution in [0.4, 0.5) is 5.69 Å². The predicted molar refractivity (Wildman–Crippen MR) is 107 cm³/mol. The quantitative estimate of drug-likeness (QED) is 0.488. The van der Waals surface area contributed by atoms with Gasteiger partial charge in [-0.25, -0.2) is 0 Å². The molecule has 26 heavy (non-hydrogen) atoms. The third-order valence-corrected chi connectivity index (χ3v) is 5.00. The SMILES string of the molecule is Cc1ccccc1Oc1ccc(N=Cc2ccn(C3CCCC3)c2)cc1. The Morgan fingerprint density at radius 1 is 1.00 bits per heavy atom. The van der Waals surface area contributed by atoms with Crippen molar-refractivity contribution >= 4 is 11.9 Å². The summed E-state index contributed by atoms with van der Waals surface area (Å²) in [6.07, 6.45) is 11.6. The highest BCUT2D eigenvalue weighted by molar-refractivity contribution is 5.81. The van der Waals surface area contributed by atoms with Crippen molar-refractivity contribution in [1.29, 1.82) is 0 Å². The molecule has 1 aliphatic carbocycles. The van der Waals surface area contributed by atoms with Crippen LogP contribution < -0.4 is 4.74 Å². The van der Waals surface area contributed by atoms with Gasteiger partial charge in [0.1, 0.15) is 11.5 Å². The molecule has 1 heterocycles. The van der Waals surface area contributed by atoms with Crippen molar-refractivity contribution in [3.63, 3.8) is 0 Å². The Kier molecular flexibility index (Phi) is 4.87. The van der Waals surface area contributed by atoms with Gasteiger partial charge in [-0.3, -0.25) is 4.99 Å². The van der Waals surface area contributed by atoms with E-state index in [1.54, 1.807) is 0 Å². The van der Waals surface area contributed by atoms with Gasteiger partial charge in [0.05, 0.1) is 5.69 Å². The third kappa shape index (κ3) is 3.88. The summed E-state index contributed by atoms with van der Waals surface area (Å²) in [6, 6.07) is 18.7. The monoisotopic (exact) mass is 344 g/mol. The van der Waals surface area contributed by atoms with E-state index in [9.17, 15) is 0 Å². The largest absolute Gasteiger partial charge is 0.457 e. The van der Waals surface area contributed by atoms with Crippen LogP contribution in [-0.2, 0) is 0 Å². The maximum Gasteiger partial charge on any atom is 0.130 e. The van der Waals surface area contributed by atoms with Crippen LogP contribution in [-0.4, -0.2) is 10.8 Å². The minimum atomic E-state index is 0.676. The summed E-state index contributed by atoms with van der Waals surface area (Å²) in [5.41, 5.74) is 3.20. The molecule has 1 aliphatic rings. The van der Waals surface area contributed by atoms with Gasteiger partial charge in [0.15, 0.2) is 0 Å². The summed E-state index contributed by atoms with van der Waals surface area (Å²) in [5, 5.41) is 0. The van der Waals surface area contributed by atoms with Crippen LogP contribution in [0.1, 0.15) is 42.9 Å². The van der Waals surface area contributed by atoms with Crippen LogP contribution in [0, 0.1) is 6.92 Å². The Bertz CT molecular complexity index is 887. The van der Waals surface area contributed by atoms with Crippen LogP contribution in [0.5, 0.6) is 11.5 Å². The summed E-state index contributed by atoms with van der Waals surface area (Å²) < 4.78 is 8.27. The fourth-order valence-corrected chi connectivity index (χ4v) is 3.48. The van der Waals surface area contributed by atoms with Crippen LogP contribution >= 0.6 is 0 Å². The first-order valence-corrected chi connectivity index (χ1v) is 9.33. The van der Waals surface area contributed by atoms with E-state index in [2.05, 4.69) is 28.0 Å². The minimum absolute atomic E-state index is 0.676. The Labute approximate surface area is 155 Å². The molecule has 0 saturated heterocycles. The molecule has 0 atom stereocenters. The molecule has 0 spiro atoms. The number of para-hydroxylation sites is 1. The summed E-state index contributed by atoms with van der Waals surface area (Å²) >= 11 is 0. The van der Waals surface area contributed by atoms with Gasteiger partial charge in [-0.15, -0.1) is 0 Å². The van der Waals surface area contributed by atoms with Crippen LogP contribution in [0.15, 0.2) is 72.0 Å². The number of aromatic nitrogens is 1. The molecule has 0 radical (unpaired) electrons. The molecule has 3 nitrogen and oxygen atoms in total. The van der Waals surface area contributed by atoms with Gasteiger partial charge in [-0.05, 0) is 61.7 Å². The second-order valence-electron chi connectivity index (χ2n) is 6.95. The molecule has 3 aromatic rings. The summed E-state index contributed by atoms with van der Waals surface area (Å²) in [5.74, 6) is 1.71. The molecule has 0 N–H and O–H groups in total. The van der Waals surface area contributed by atoms with E-state index in [0.717, 1.165) is 28.3 Å². The number of aryl methyl sites for hydroxylation is 1. The van der Waals surface area contributed by atoms with E-state index in [-0.39, 0.29) is 0 Å². The zero-order valence-corrected chi connectivity index (χ0v) is 15.1. The molecule has 1 aromatic heterocycles. The Balaban J connectivity index is 1.41. The molecule has 0 unspecified atom stereocenters. The molecule has 1 fully saturated rings. The van der Waals surface area contributed by atoms with E-state index in [0.29, 0.717) is 6.04 Å². The number of rotatable bonds is 5. The van der Waals surface area contributed by atoms with Crippen LogP contribution in [0.2, 0.25) is 0 Å². The van der Waals surface area contributed by atoms with Crippen molar-refractivity contribution in [2.24, 2.45) is 4.99 Å². The van der Waals surface area contributed by atoms with E-state index in [1.165, 1.54) is 25.7 Å². The lowest BCUT2D eigenvalue weighted by atomic mass is 10.2. The predicted octanol–water partition coefficient (Wildman–Crippen LogP) is 6.45. The van der Waals surface area contributed by atoms with Crippen molar-refractivity contribution in [2.45, 2.75) is 38.6 Å². The average Bonchev–Trinajstić information content (AvgIpc) is 3.34. The van der Waals surface area contributed by atoms with Gasteiger partial charge in [-0.1, -0.05) is 31.0 Å². The average molecular weight is 344 g/mol. The van der Waals surface area contributed by atoms with Gasteiger partial charge in [0, 0.05) is 30.2 Å². The zero-order valence-electron chi connectivity index (χ0n) is 15.1. The normalized spacial score (nSPS) is 15.0. The first-order valence-electron chi connectivity index (χ1n) is 9.33. The van der Waals surface area contributed by atoms with Gasteiger partial charge in [0.2, 0.25) is 0 Å². The molecule has 2 aromatic carbocycles. The highest BCUT2D eigenvalue weighted by Gasteiger charge is 2.15. The fourth-order valence-electron chi connectivity index (χ4n) is 3.48. The lowest BCUT2D eigenvalue weighted by Gasteiger charge is -2.10. The lowest BCUT2D eigenvalue weighted by molar-refractivity contribution is 0.479. The number of benzene rings is 2. The molecular formula is C23H24N2O. The van der Waals surface area contributed by atoms with Crippen molar-refractivity contribution < 1.29 is 4.74 Å². The zero-order chi connectivity index (χ0) is 17.8. The molecule has 0 bridgehead atoms. The molecule has 0 amide bonds. The van der Waals surface area contributed by atoms with E-state index >= 15 is 0 Å². The van der Waals surface area contributed by atoms with E-state index in [4.69, 9.17) is 4.74 Å². The second kappa shape index (κ2) is 7.61. The van der Waals surface area contributed by atoms with Crippen molar-refractivity contribution in [3.8, 4) is 11.5 Å². The molecule has 132 valence electrons. The first kappa shape index (κ1) is 16.6. The van der Waals surface area contributed by atoms with Crippen molar-refractivity contribution in [3.05, 3.63) is 78.1 Å². The third-order valence-electron chi connectivity index (χ3n) is 5.00. The van der Waals surface area contributed by atoms with E-state index in [1.807, 2.05) is 61.7 Å². The highest BCUT2D eigenvalue weighted by atomic mass is 16.5. The minimum Gasteiger partial charge on any atom is -0.457 e. The Morgan fingerprint density at radius 2 is 1.77 bits per heavy atom. The lowest BCUT2D eigenvalue weighted by Crippen LogP contribution is -2.00. The maximum atomic E-state index is 5.93.